The first-order valence-electron chi connectivity index (χ1n) is 7.04. The zero-order valence-electron chi connectivity index (χ0n) is 12.2. The molecule has 0 radical (unpaired) electrons. The van der Waals surface area contributed by atoms with Gasteiger partial charge in [-0.3, -0.25) is 0 Å². The summed E-state index contributed by atoms with van der Waals surface area (Å²) in [4.78, 5) is 2.31. The van der Waals surface area contributed by atoms with E-state index in [1.807, 2.05) is 13.0 Å². The van der Waals surface area contributed by atoms with Gasteiger partial charge in [0.25, 0.3) is 0 Å². The van der Waals surface area contributed by atoms with Gasteiger partial charge in [0.15, 0.2) is 0 Å². The van der Waals surface area contributed by atoms with Gasteiger partial charge in [-0.2, -0.15) is 0 Å². The van der Waals surface area contributed by atoms with Crippen molar-refractivity contribution < 1.29 is 10.2 Å². The molecule has 1 aromatic carbocycles. The second kappa shape index (κ2) is 8.31. The lowest BCUT2D eigenvalue weighted by molar-refractivity contribution is 0.0601. The minimum atomic E-state index is -0.321. The Kier molecular flexibility index (Phi) is 7.06. The lowest BCUT2D eigenvalue weighted by Gasteiger charge is -2.25. The van der Waals surface area contributed by atoms with Crippen LogP contribution in [0.5, 0.6) is 0 Å². The molecular formula is C16H27NO2. The maximum atomic E-state index is 9.22. The van der Waals surface area contributed by atoms with Gasteiger partial charge in [0.05, 0.1) is 13.2 Å². The molecule has 0 heterocycles. The number of aliphatic hydroxyl groups excluding tert-OH is 2. The van der Waals surface area contributed by atoms with Crippen molar-refractivity contribution in [1.29, 1.82) is 0 Å². The summed E-state index contributed by atoms with van der Waals surface area (Å²) < 4.78 is 0. The molecule has 0 atom stereocenters. The van der Waals surface area contributed by atoms with E-state index in [4.69, 9.17) is 0 Å². The number of benzene rings is 1. The third kappa shape index (κ3) is 6.19. The molecule has 0 bridgehead atoms. The van der Waals surface area contributed by atoms with Crippen molar-refractivity contribution in [3.8, 4) is 0 Å². The average Bonchev–Trinajstić information content (AvgIpc) is 2.44. The van der Waals surface area contributed by atoms with E-state index in [9.17, 15) is 10.2 Å². The van der Waals surface area contributed by atoms with Gasteiger partial charge in [-0.15, -0.1) is 0 Å². The third-order valence-corrected chi connectivity index (χ3v) is 3.63. The van der Waals surface area contributed by atoms with Crippen LogP contribution in [0.25, 0.3) is 0 Å². The highest BCUT2D eigenvalue weighted by Gasteiger charge is 2.21. The summed E-state index contributed by atoms with van der Waals surface area (Å²) in [6.07, 6.45) is 3.01. The van der Waals surface area contributed by atoms with E-state index in [0.29, 0.717) is 0 Å². The van der Waals surface area contributed by atoms with E-state index in [0.717, 1.165) is 32.4 Å². The number of aliphatic hydroxyl groups is 2. The van der Waals surface area contributed by atoms with E-state index < -0.39 is 0 Å². The SMILES string of the molecule is CN(CCCCC(C)(CO)CO)Cc1ccccc1. The highest BCUT2D eigenvalue weighted by Crippen LogP contribution is 2.22. The molecule has 3 nitrogen and oxygen atoms in total. The Morgan fingerprint density at radius 1 is 1.05 bits per heavy atom. The Morgan fingerprint density at radius 2 is 1.68 bits per heavy atom. The zero-order valence-corrected chi connectivity index (χ0v) is 12.2. The van der Waals surface area contributed by atoms with Crippen LogP contribution < -0.4 is 0 Å². The predicted octanol–water partition coefficient (Wildman–Crippen LogP) is 2.28. The Morgan fingerprint density at radius 3 is 2.26 bits per heavy atom. The summed E-state index contributed by atoms with van der Waals surface area (Å²) in [7, 11) is 2.13. The van der Waals surface area contributed by atoms with Gasteiger partial charge >= 0.3 is 0 Å². The second-order valence-corrected chi connectivity index (χ2v) is 5.81. The lowest BCUT2D eigenvalue weighted by atomic mass is 9.87. The molecule has 0 saturated carbocycles. The normalized spacial score (nSPS) is 12.1. The van der Waals surface area contributed by atoms with Crippen molar-refractivity contribution >= 4 is 0 Å². The molecule has 1 aromatic rings. The number of unbranched alkanes of at least 4 members (excludes halogenated alkanes) is 1. The molecular weight excluding hydrogens is 238 g/mol. The number of hydrogen-bond acceptors (Lipinski definition) is 3. The van der Waals surface area contributed by atoms with Gasteiger partial charge in [0, 0.05) is 12.0 Å². The summed E-state index contributed by atoms with van der Waals surface area (Å²) in [5.74, 6) is 0. The molecule has 2 N–H and O–H groups in total. The zero-order chi connectivity index (χ0) is 14.1. The van der Waals surface area contributed by atoms with E-state index in [2.05, 4.69) is 36.2 Å². The summed E-state index contributed by atoms with van der Waals surface area (Å²) in [6.45, 7) is 4.06. The van der Waals surface area contributed by atoms with Crippen molar-refractivity contribution in [3.05, 3.63) is 35.9 Å². The highest BCUT2D eigenvalue weighted by atomic mass is 16.3. The van der Waals surface area contributed by atoms with Crippen molar-refractivity contribution in [2.75, 3.05) is 26.8 Å². The van der Waals surface area contributed by atoms with Crippen LogP contribution in [-0.4, -0.2) is 41.9 Å². The highest BCUT2D eigenvalue weighted by molar-refractivity contribution is 5.14. The van der Waals surface area contributed by atoms with Crippen LogP contribution in [0.3, 0.4) is 0 Å². The van der Waals surface area contributed by atoms with Gasteiger partial charge in [-0.05, 0) is 32.0 Å². The molecule has 0 fully saturated rings. The van der Waals surface area contributed by atoms with Crippen molar-refractivity contribution in [3.63, 3.8) is 0 Å². The molecule has 0 unspecified atom stereocenters. The lowest BCUT2D eigenvalue weighted by Crippen LogP contribution is -2.26. The largest absolute Gasteiger partial charge is 0.396 e. The minimum absolute atomic E-state index is 0.0589. The van der Waals surface area contributed by atoms with E-state index in [1.165, 1.54) is 5.56 Å². The van der Waals surface area contributed by atoms with Gasteiger partial charge < -0.3 is 15.1 Å². The summed E-state index contributed by atoms with van der Waals surface area (Å²) >= 11 is 0. The molecule has 108 valence electrons. The summed E-state index contributed by atoms with van der Waals surface area (Å²) in [5.41, 5.74) is 1.01. The molecule has 19 heavy (non-hydrogen) atoms. The summed E-state index contributed by atoms with van der Waals surface area (Å²) in [5, 5.41) is 18.4. The van der Waals surface area contributed by atoms with Crippen LogP contribution in [0.2, 0.25) is 0 Å². The molecule has 0 aromatic heterocycles. The maximum absolute atomic E-state index is 9.22. The number of nitrogens with zero attached hydrogens (tertiary/aromatic N) is 1. The Balaban J connectivity index is 2.19. The van der Waals surface area contributed by atoms with Crippen molar-refractivity contribution in [1.82, 2.24) is 4.90 Å². The Labute approximate surface area is 116 Å². The number of rotatable bonds is 9. The second-order valence-electron chi connectivity index (χ2n) is 5.81. The Hall–Kier alpha value is -0.900. The Bertz CT molecular complexity index is 336. The molecule has 0 saturated heterocycles. The van der Waals surface area contributed by atoms with Crippen LogP contribution in [0.1, 0.15) is 31.7 Å². The predicted molar refractivity (Wildman–Crippen MR) is 78.9 cm³/mol. The standard InChI is InChI=1S/C16H27NO2/c1-16(13-18,14-19)10-6-7-11-17(2)12-15-8-4-3-5-9-15/h3-5,8-9,18-19H,6-7,10-14H2,1-2H3. The van der Waals surface area contributed by atoms with Gasteiger partial charge in [-0.25, -0.2) is 0 Å². The topological polar surface area (TPSA) is 43.7 Å². The monoisotopic (exact) mass is 265 g/mol. The molecule has 0 aliphatic carbocycles. The van der Waals surface area contributed by atoms with E-state index in [1.54, 1.807) is 0 Å². The third-order valence-electron chi connectivity index (χ3n) is 3.63. The van der Waals surface area contributed by atoms with Gasteiger partial charge in [0.1, 0.15) is 0 Å². The fourth-order valence-electron chi connectivity index (χ4n) is 2.12. The quantitative estimate of drug-likeness (QED) is 0.673. The molecule has 0 aliphatic heterocycles. The van der Waals surface area contributed by atoms with Crippen LogP contribution in [0.15, 0.2) is 30.3 Å². The van der Waals surface area contributed by atoms with Gasteiger partial charge in [-0.1, -0.05) is 43.7 Å². The minimum Gasteiger partial charge on any atom is -0.396 e. The first-order valence-corrected chi connectivity index (χ1v) is 7.04. The van der Waals surface area contributed by atoms with Crippen LogP contribution in [0.4, 0.5) is 0 Å². The van der Waals surface area contributed by atoms with Crippen molar-refractivity contribution in [2.45, 2.75) is 32.7 Å². The first kappa shape index (κ1) is 16.2. The van der Waals surface area contributed by atoms with Crippen molar-refractivity contribution in [2.24, 2.45) is 5.41 Å². The fourth-order valence-corrected chi connectivity index (χ4v) is 2.12. The molecule has 0 spiro atoms. The van der Waals surface area contributed by atoms with E-state index >= 15 is 0 Å². The molecule has 3 heteroatoms. The van der Waals surface area contributed by atoms with Crippen LogP contribution in [0, 0.1) is 5.41 Å². The van der Waals surface area contributed by atoms with Gasteiger partial charge in [0.2, 0.25) is 0 Å². The molecule has 1 rings (SSSR count). The maximum Gasteiger partial charge on any atom is 0.0506 e. The number of hydrogen-bond donors (Lipinski definition) is 2. The molecule has 0 amide bonds. The average molecular weight is 265 g/mol. The van der Waals surface area contributed by atoms with Crippen LogP contribution >= 0.6 is 0 Å². The fraction of sp³-hybridized carbons (Fsp3) is 0.625. The molecule has 0 aliphatic rings. The van der Waals surface area contributed by atoms with E-state index in [-0.39, 0.29) is 18.6 Å². The van der Waals surface area contributed by atoms with Crippen LogP contribution in [-0.2, 0) is 6.54 Å². The smallest absolute Gasteiger partial charge is 0.0506 e. The first-order chi connectivity index (χ1) is 9.09. The summed E-state index contributed by atoms with van der Waals surface area (Å²) in [6, 6.07) is 10.5.